The summed E-state index contributed by atoms with van der Waals surface area (Å²) >= 11 is 0. The number of benzene rings is 1. The van der Waals surface area contributed by atoms with Gasteiger partial charge in [0.25, 0.3) is 5.91 Å². The van der Waals surface area contributed by atoms with Gasteiger partial charge in [0.1, 0.15) is 0 Å². The summed E-state index contributed by atoms with van der Waals surface area (Å²) in [5.41, 5.74) is 4.50. The number of pyridine rings is 1. The molecule has 2 aromatic heterocycles. The Hall–Kier alpha value is -2.74. The fourth-order valence-electron chi connectivity index (χ4n) is 4.06. The number of aryl methyl sites for hydroxylation is 2. The van der Waals surface area contributed by atoms with Crippen LogP contribution in [-0.2, 0) is 9.84 Å². The molecular formula is C23H28N4O3S. The Morgan fingerprint density at radius 2 is 1.97 bits per heavy atom. The molecule has 4 rings (SSSR count). The molecule has 1 aliphatic heterocycles. The normalized spacial score (nSPS) is 17.8. The van der Waals surface area contributed by atoms with Gasteiger partial charge >= 0.3 is 0 Å². The molecule has 0 radical (unpaired) electrons. The first-order valence-electron chi connectivity index (χ1n) is 10.7. The molecular weight excluding hydrogens is 412 g/mol. The van der Waals surface area contributed by atoms with E-state index in [1.54, 1.807) is 4.68 Å². The van der Waals surface area contributed by atoms with Crippen LogP contribution in [0.5, 0.6) is 0 Å². The van der Waals surface area contributed by atoms with Crippen LogP contribution < -0.4 is 5.32 Å². The average molecular weight is 441 g/mol. The van der Waals surface area contributed by atoms with Gasteiger partial charge in [0, 0.05) is 12.1 Å². The Balaban J connectivity index is 1.88. The lowest BCUT2D eigenvalue weighted by Gasteiger charge is -2.12. The van der Waals surface area contributed by atoms with Crippen molar-refractivity contribution < 1.29 is 13.2 Å². The number of hydrogen-bond acceptors (Lipinski definition) is 5. The van der Waals surface area contributed by atoms with Crippen molar-refractivity contribution in [2.75, 3.05) is 18.1 Å². The number of unbranched alkanes of at least 4 members (excludes halogenated alkanes) is 1. The van der Waals surface area contributed by atoms with Crippen LogP contribution in [0.25, 0.3) is 22.3 Å². The standard InChI is InChI=1S/C23H28N4O3S/c1-4-5-11-24-23(28)19-13-20(17-8-6-15(2)7-9-17)25-22-21(19)16(3)26-27(22)18-10-12-31(29,30)14-18/h6-9,13,18H,4-5,10-12,14H2,1-3H3,(H,24,28). The molecule has 1 amide bonds. The number of carbonyl (C=O) groups is 1. The molecule has 1 unspecified atom stereocenters. The van der Waals surface area contributed by atoms with Crippen molar-refractivity contribution in [2.24, 2.45) is 0 Å². The van der Waals surface area contributed by atoms with E-state index in [1.807, 2.05) is 44.2 Å². The number of sulfone groups is 1. The van der Waals surface area contributed by atoms with E-state index in [0.29, 0.717) is 41.0 Å². The first kappa shape index (κ1) is 21.5. The Labute approximate surface area is 182 Å². The number of carbonyl (C=O) groups excluding carboxylic acids is 1. The molecule has 1 N–H and O–H groups in total. The summed E-state index contributed by atoms with van der Waals surface area (Å²) in [4.78, 5) is 17.9. The monoisotopic (exact) mass is 440 g/mol. The largest absolute Gasteiger partial charge is 0.352 e. The molecule has 1 aliphatic rings. The summed E-state index contributed by atoms with van der Waals surface area (Å²) in [6.45, 7) is 6.55. The van der Waals surface area contributed by atoms with E-state index >= 15 is 0 Å². The zero-order valence-corrected chi connectivity index (χ0v) is 19.0. The van der Waals surface area contributed by atoms with Gasteiger partial charge in [-0.15, -0.1) is 0 Å². The molecule has 8 heteroatoms. The highest BCUT2D eigenvalue weighted by Crippen LogP contribution is 2.32. The second kappa shape index (κ2) is 8.42. The predicted octanol–water partition coefficient (Wildman–Crippen LogP) is 3.60. The summed E-state index contributed by atoms with van der Waals surface area (Å²) in [7, 11) is -3.08. The zero-order chi connectivity index (χ0) is 22.2. The SMILES string of the molecule is CCCCNC(=O)c1cc(-c2ccc(C)cc2)nc2c1c(C)nn2C1CCS(=O)(=O)C1. The number of nitrogens with one attached hydrogen (secondary N) is 1. The van der Waals surface area contributed by atoms with Crippen LogP contribution in [0.4, 0.5) is 0 Å². The van der Waals surface area contributed by atoms with E-state index in [-0.39, 0.29) is 23.5 Å². The van der Waals surface area contributed by atoms with Gasteiger partial charge in [-0.2, -0.15) is 5.10 Å². The third-order valence-electron chi connectivity index (χ3n) is 5.80. The van der Waals surface area contributed by atoms with Crippen LogP contribution in [0.3, 0.4) is 0 Å². The van der Waals surface area contributed by atoms with Crippen LogP contribution >= 0.6 is 0 Å². The van der Waals surface area contributed by atoms with Crippen molar-refractivity contribution in [1.82, 2.24) is 20.1 Å². The van der Waals surface area contributed by atoms with Crippen LogP contribution in [0.15, 0.2) is 30.3 Å². The highest BCUT2D eigenvalue weighted by atomic mass is 32.2. The van der Waals surface area contributed by atoms with Crippen molar-refractivity contribution in [1.29, 1.82) is 0 Å². The van der Waals surface area contributed by atoms with E-state index in [0.717, 1.165) is 24.0 Å². The maximum Gasteiger partial charge on any atom is 0.252 e. The minimum Gasteiger partial charge on any atom is -0.352 e. The third-order valence-corrected chi connectivity index (χ3v) is 7.55. The van der Waals surface area contributed by atoms with Gasteiger partial charge in [0.2, 0.25) is 0 Å². The quantitative estimate of drug-likeness (QED) is 0.591. The number of aromatic nitrogens is 3. The minimum atomic E-state index is -3.08. The van der Waals surface area contributed by atoms with Gasteiger partial charge in [-0.05, 0) is 32.8 Å². The third kappa shape index (κ3) is 4.35. The highest BCUT2D eigenvalue weighted by Gasteiger charge is 2.32. The zero-order valence-electron chi connectivity index (χ0n) is 18.2. The lowest BCUT2D eigenvalue weighted by Crippen LogP contribution is -2.25. The van der Waals surface area contributed by atoms with E-state index < -0.39 is 9.84 Å². The van der Waals surface area contributed by atoms with Crippen molar-refractivity contribution in [3.05, 3.63) is 47.2 Å². The summed E-state index contributed by atoms with van der Waals surface area (Å²) in [5.74, 6) is 0.0496. The Morgan fingerprint density at radius 1 is 1.23 bits per heavy atom. The summed E-state index contributed by atoms with van der Waals surface area (Å²) in [6.07, 6.45) is 2.41. The Morgan fingerprint density at radius 3 is 2.61 bits per heavy atom. The number of nitrogens with zero attached hydrogens (tertiary/aromatic N) is 3. The number of fused-ring (bicyclic) bond motifs is 1. The maximum atomic E-state index is 13.1. The van der Waals surface area contributed by atoms with Gasteiger partial charge in [0.05, 0.1) is 39.9 Å². The molecule has 1 fully saturated rings. The summed E-state index contributed by atoms with van der Waals surface area (Å²) in [5, 5.41) is 8.32. The van der Waals surface area contributed by atoms with Crippen molar-refractivity contribution in [3.8, 4) is 11.3 Å². The minimum absolute atomic E-state index is 0.0533. The molecule has 1 saturated heterocycles. The lowest BCUT2D eigenvalue weighted by atomic mass is 10.0. The Kier molecular flexibility index (Phi) is 5.83. The van der Waals surface area contributed by atoms with Crippen LogP contribution in [-0.4, -0.2) is 47.1 Å². The molecule has 0 saturated carbocycles. The molecule has 0 bridgehead atoms. The van der Waals surface area contributed by atoms with Gasteiger partial charge < -0.3 is 5.32 Å². The van der Waals surface area contributed by atoms with E-state index in [9.17, 15) is 13.2 Å². The van der Waals surface area contributed by atoms with Crippen LogP contribution in [0.1, 0.15) is 53.8 Å². The number of hydrogen-bond donors (Lipinski definition) is 1. The van der Waals surface area contributed by atoms with E-state index in [1.165, 1.54) is 0 Å². The molecule has 7 nitrogen and oxygen atoms in total. The van der Waals surface area contributed by atoms with Gasteiger partial charge in [0.15, 0.2) is 15.5 Å². The molecule has 1 aromatic carbocycles. The molecule has 1 atom stereocenters. The Bertz CT molecular complexity index is 1230. The fraction of sp³-hybridized carbons (Fsp3) is 0.435. The fourth-order valence-corrected chi connectivity index (χ4v) is 5.75. The van der Waals surface area contributed by atoms with Crippen molar-refractivity contribution in [3.63, 3.8) is 0 Å². The number of rotatable bonds is 6. The predicted molar refractivity (Wildman–Crippen MR) is 122 cm³/mol. The van der Waals surface area contributed by atoms with Crippen molar-refractivity contribution >= 4 is 26.8 Å². The lowest BCUT2D eigenvalue weighted by molar-refractivity contribution is 0.0954. The maximum absolute atomic E-state index is 13.1. The first-order valence-corrected chi connectivity index (χ1v) is 12.6. The molecule has 31 heavy (non-hydrogen) atoms. The van der Waals surface area contributed by atoms with Gasteiger partial charge in [-0.1, -0.05) is 43.2 Å². The first-order chi connectivity index (χ1) is 14.8. The van der Waals surface area contributed by atoms with Gasteiger partial charge in [-0.25, -0.2) is 18.1 Å². The smallest absolute Gasteiger partial charge is 0.252 e. The van der Waals surface area contributed by atoms with Gasteiger partial charge in [-0.3, -0.25) is 4.79 Å². The summed E-state index contributed by atoms with van der Waals surface area (Å²) < 4.78 is 25.9. The summed E-state index contributed by atoms with van der Waals surface area (Å²) in [6, 6.07) is 9.53. The second-order valence-corrected chi connectivity index (χ2v) is 10.5. The topological polar surface area (TPSA) is 93.9 Å². The highest BCUT2D eigenvalue weighted by molar-refractivity contribution is 7.91. The van der Waals surface area contributed by atoms with Crippen molar-refractivity contribution in [2.45, 2.75) is 46.1 Å². The van der Waals surface area contributed by atoms with Crippen LogP contribution in [0.2, 0.25) is 0 Å². The molecule has 3 aromatic rings. The van der Waals surface area contributed by atoms with E-state index in [2.05, 4.69) is 17.3 Å². The second-order valence-electron chi connectivity index (χ2n) is 8.32. The molecule has 0 spiro atoms. The molecule has 0 aliphatic carbocycles. The molecule has 164 valence electrons. The average Bonchev–Trinajstić information content (AvgIpc) is 3.27. The molecule has 3 heterocycles. The number of amides is 1. The van der Waals surface area contributed by atoms with Crippen LogP contribution in [0, 0.1) is 13.8 Å². The van der Waals surface area contributed by atoms with E-state index in [4.69, 9.17) is 4.98 Å².